The van der Waals surface area contributed by atoms with Gasteiger partial charge in [-0.25, -0.2) is 0 Å². The standard InChI is InChI=1S/C14H26N2O/c15-8-9-16(12-3-1-4-12)13-5-10-17-14(11-13)6-2-7-14/h12-13H,1-11,15H2. The van der Waals surface area contributed by atoms with Gasteiger partial charge in [-0.15, -0.1) is 0 Å². The van der Waals surface area contributed by atoms with Crippen LogP contribution in [0.5, 0.6) is 0 Å². The fraction of sp³-hybridized carbons (Fsp3) is 1.00. The zero-order chi connectivity index (χ0) is 11.7. The van der Waals surface area contributed by atoms with Crippen LogP contribution in [0.2, 0.25) is 0 Å². The molecular weight excluding hydrogens is 212 g/mol. The molecule has 0 radical (unpaired) electrons. The van der Waals surface area contributed by atoms with E-state index >= 15 is 0 Å². The van der Waals surface area contributed by atoms with Crippen LogP contribution >= 0.6 is 0 Å². The minimum absolute atomic E-state index is 0.277. The molecule has 1 atom stereocenters. The van der Waals surface area contributed by atoms with Gasteiger partial charge in [0.05, 0.1) is 5.60 Å². The summed E-state index contributed by atoms with van der Waals surface area (Å²) in [6, 6.07) is 1.58. The average molecular weight is 238 g/mol. The lowest BCUT2D eigenvalue weighted by molar-refractivity contribution is -0.154. The number of rotatable bonds is 4. The Labute approximate surface area is 105 Å². The normalized spacial score (nSPS) is 32.5. The van der Waals surface area contributed by atoms with Crippen LogP contribution in [0.3, 0.4) is 0 Å². The van der Waals surface area contributed by atoms with Gasteiger partial charge in [-0.3, -0.25) is 4.90 Å². The van der Waals surface area contributed by atoms with E-state index in [0.717, 1.165) is 31.8 Å². The Morgan fingerprint density at radius 3 is 2.47 bits per heavy atom. The first kappa shape index (κ1) is 11.9. The van der Waals surface area contributed by atoms with Crippen molar-refractivity contribution in [1.82, 2.24) is 4.90 Å². The van der Waals surface area contributed by atoms with Crippen molar-refractivity contribution in [2.45, 2.75) is 69.1 Å². The molecule has 3 heteroatoms. The second-order valence-electron chi connectivity index (χ2n) is 6.14. The first-order valence-corrected chi connectivity index (χ1v) is 7.43. The number of nitrogens with two attached hydrogens (primary N) is 1. The van der Waals surface area contributed by atoms with Gasteiger partial charge in [0.15, 0.2) is 0 Å². The van der Waals surface area contributed by atoms with Crippen molar-refractivity contribution >= 4 is 0 Å². The quantitative estimate of drug-likeness (QED) is 0.813. The van der Waals surface area contributed by atoms with Crippen molar-refractivity contribution in [1.29, 1.82) is 0 Å². The van der Waals surface area contributed by atoms with Crippen molar-refractivity contribution in [2.75, 3.05) is 19.7 Å². The number of ether oxygens (including phenoxy) is 1. The van der Waals surface area contributed by atoms with Crippen LogP contribution in [0.1, 0.15) is 51.4 Å². The third-order valence-electron chi connectivity index (χ3n) is 5.13. The second kappa shape index (κ2) is 4.87. The lowest BCUT2D eigenvalue weighted by Gasteiger charge is -2.52. The van der Waals surface area contributed by atoms with Crippen LogP contribution in [-0.2, 0) is 4.74 Å². The minimum atomic E-state index is 0.277. The molecule has 3 rings (SSSR count). The van der Waals surface area contributed by atoms with Crippen LogP contribution in [0.25, 0.3) is 0 Å². The van der Waals surface area contributed by atoms with Gasteiger partial charge in [0, 0.05) is 31.8 Å². The summed E-state index contributed by atoms with van der Waals surface area (Å²) in [4.78, 5) is 2.71. The number of hydrogen-bond acceptors (Lipinski definition) is 3. The van der Waals surface area contributed by atoms with E-state index in [1.807, 2.05) is 0 Å². The van der Waals surface area contributed by atoms with Crippen molar-refractivity contribution in [2.24, 2.45) is 5.73 Å². The summed E-state index contributed by atoms with van der Waals surface area (Å²) in [7, 11) is 0. The third kappa shape index (κ3) is 2.25. The van der Waals surface area contributed by atoms with Gasteiger partial charge in [0.1, 0.15) is 0 Å². The molecule has 0 bridgehead atoms. The molecular formula is C14H26N2O. The van der Waals surface area contributed by atoms with E-state index in [4.69, 9.17) is 10.5 Å². The Balaban J connectivity index is 1.63. The lowest BCUT2D eigenvalue weighted by atomic mass is 9.73. The summed E-state index contributed by atoms with van der Waals surface area (Å²) >= 11 is 0. The van der Waals surface area contributed by atoms with E-state index in [-0.39, 0.29) is 5.60 Å². The second-order valence-corrected chi connectivity index (χ2v) is 6.14. The SMILES string of the molecule is NCCN(C1CCC1)C1CCOC2(CCC2)C1. The molecule has 3 aliphatic rings. The first-order chi connectivity index (χ1) is 8.33. The van der Waals surface area contributed by atoms with Crippen LogP contribution in [0, 0.1) is 0 Å². The maximum absolute atomic E-state index is 6.03. The summed E-state index contributed by atoms with van der Waals surface area (Å²) in [5.41, 5.74) is 6.07. The summed E-state index contributed by atoms with van der Waals surface area (Å²) in [6.45, 7) is 2.87. The van der Waals surface area contributed by atoms with Crippen LogP contribution < -0.4 is 5.73 Å². The molecule has 98 valence electrons. The Kier molecular flexibility index (Phi) is 3.42. The van der Waals surface area contributed by atoms with Gasteiger partial charge in [0.2, 0.25) is 0 Å². The van der Waals surface area contributed by atoms with Gasteiger partial charge < -0.3 is 10.5 Å². The van der Waals surface area contributed by atoms with Gasteiger partial charge in [-0.2, -0.15) is 0 Å². The summed E-state index contributed by atoms with van der Waals surface area (Å²) < 4.78 is 6.03. The van der Waals surface area contributed by atoms with E-state index in [2.05, 4.69) is 4.90 Å². The van der Waals surface area contributed by atoms with Crippen molar-refractivity contribution < 1.29 is 4.74 Å². The minimum Gasteiger partial charge on any atom is -0.375 e. The maximum Gasteiger partial charge on any atom is 0.0697 e. The van der Waals surface area contributed by atoms with E-state index in [1.54, 1.807) is 0 Å². The topological polar surface area (TPSA) is 38.5 Å². The highest BCUT2D eigenvalue weighted by molar-refractivity contribution is 4.98. The zero-order valence-electron chi connectivity index (χ0n) is 10.9. The summed E-state index contributed by atoms with van der Waals surface area (Å²) in [5, 5.41) is 0. The molecule has 0 amide bonds. The fourth-order valence-electron chi connectivity index (χ4n) is 3.74. The average Bonchev–Trinajstić information content (AvgIpc) is 2.24. The van der Waals surface area contributed by atoms with Gasteiger partial charge in [-0.05, 0) is 44.9 Å². The first-order valence-electron chi connectivity index (χ1n) is 7.43. The van der Waals surface area contributed by atoms with Crippen LogP contribution in [0.4, 0.5) is 0 Å². The monoisotopic (exact) mass is 238 g/mol. The smallest absolute Gasteiger partial charge is 0.0697 e. The molecule has 3 fully saturated rings. The molecule has 0 aromatic rings. The maximum atomic E-state index is 6.03. The largest absolute Gasteiger partial charge is 0.375 e. The Morgan fingerprint density at radius 2 is 1.94 bits per heavy atom. The van der Waals surface area contributed by atoms with Crippen molar-refractivity contribution in [3.05, 3.63) is 0 Å². The van der Waals surface area contributed by atoms with Crippen molar-refractivity contribution in [3.63, 3.8) is 0 Å². The summed E-state index contributed by atoms with van der Waals surface area (Å²) in [6.07, 6.45) is 10.7. The molecule has 2 aliphatic carbocycles. The third-order valence-corrected chi connectivity index (χ3v) is 5.13. The molecule has 3 nitrogen and oxygen atoms in total. The molecule has 1 spiro atoms. The predicted octanol–water partition coefficient (Wildman–Crippen LogP) is 1.90. The van der Waals surface area contributed by atoms with E-state index in [0.29, 0.717) is 0 Å². The zero-order valence-corrected chi connectivity index (χ0v) is 10.9. The highest BCUT2D eigenvalue weighted by atomic mass is 16.5. The van der Waals surface area contributed by atoms with Crippen LogP contribution in [-0.4, -0.2) is 42.3 Å². The van der Waals surface area contributed by atoms with Gasteiger partial charge in [-0.1, -0.05) is 6.42 Å². The number of hydrogen-bond donors (Lipinski definition) is 1. The Morgan fingerprint density at radius 1 is 1.12 bits per heavy atom. The van der Waals surface area contributed by atoms with Gasteiger partial charge in [0.25, 0.3) is 0 Å². The molecule has 1 saturated heterocycles. The molecule has 0 aromatic heterocycles. The van der Waals surface area contributed by atoms with E-state index in [9.17, 15) is 0 Å². The molecule has 0 aromatic carbocycles. The summed E-state index contributed by atoms with van der Waals surface area (Å²) in [5.74, 6) is 0. The van der Waals surface area contributed by atoms with E-state index < -0.39 is 0 Å². The predicted molar refractivity (Wildman–Crippen MR) is 69.0 cm³/mol. The highest BCUT2D eigenvalue weighted by Gasteiger charge is 2.45. The molecule has 2 saturated carbocycles. The fourth-order valence-corrected chi connectivity index (χ4v) is 3.74. The van der Waals surface area contributed by atoms with Crippen LogP contribution in [0.15, 0.2) is 0 Å². The Hall–Kier alpha value is -0.120. The number of nitrogens with zero attached hydrogens (tertiary/aromatic N) is 1. The lowest BCUT2D eigenvalue weighted by Crippen LogP contribution is -2.56. The highest BCUT2D eigenvalue weighted by Crippen LogP contribution is 2.44. The molecule has 1 unspecified atom stereocenters. The molecule has 1 heterocycles. The molecule has 1 aliphatic heterocycles. The molecule has 2 N–H and O–H groups in total. The van der Waals surface area contributed by atoms with Gasteiger partial charge >= 0.3 is 0 Å². The van der Waals surface area contributed by atoms with E-state index in [1.165, 1.54) is 51.4 Å². The Bertz CT molecular complexity index is 261. The molecule has 17 heavy (non-hydrogen) atoms. The van der Waals surface area contributed by atoms with Crippen molar-refractivity contribution in [3.8, 4) is 0 Å².